The molecule has 12 nitrogen and oxygen atoms in total. The van der Waals surface area contributed by atoms with E-state index in [4.69, 9.17) is 21.9 Å². The molecule has 0 aliphatic carbocycles. The molecule has 0 spiro atoms. The lowest BCUT2D eigenvalue weighted by atomic mass is 9.99. The van der Waals surface area contributed by atoms with Crippen LogP contribution in [-0.4, -0.2) is 61.6 Å². The molecule has 7 rings (SSSR count). The molecule has 3 heterocycles. The van der Waals surface area contributed by atoms with E-state index < -0.39 is 35.7 Å². The number of carbonyl (C=O) groups is 3. The Kier molecular flexibility index (Phi) is 12.0. The summed E-state index contributed by atoms with van der Waals surface area (Å²) in [6.45, 7) is 4.82. The molecule has 0 bridgehead atoms. The fraction of sp³-hybridized carbons (Fsp3) is 0.356. The van der Waals surface area contributed by atoms with Gasteiger partial charge in [-0.25, -0.2) is 13.6 Å². The number of ether oxygens (including phenoxy) is 1. The summed E-state index contributed by atoms with van der Waals surface area (Å²) in [5.41, 5.74) is 24.6. The Labute approximate surface area is 343 Å². The van der Waals surface area contributed by atoms with Gasteiger partial charge in [0.25, 0.3) is 0 Å². The summed E-state index contributed by atoms with van der Waals surface area (Å²) in [5, 5.41) is 5.50. The maximum absolute atomic E-state index is 16.3. The lowest BCUT2D eigenvalue weighted by molar-refractivity contribution is -0.139. The number of nitrogen functional groups attached to an aromatic ring is 3. The molecule has 59 heavy (non-hydrogen) atoms. The molecule has 2 saturated heterocycles. The number of halogens is 2. The first-order valence-electron chi connectivity index (χ1n) is 20.1. The highest BCUT2D eigenvalue weighted by Gasteiger charge is 2.40. The zero-order valence-electron chi connectivity index (χ0n) is 33.6. The molecular weight excluding hydrogens is 755 g/mol. The minimum Gasteiger partial charge on any atom is -0.453 e. The monoisotopic (exact) mass is 806 g/mol. The van der Waals surface area contributed by atoms with Gasteiger partial charge < -0.3 is 47.3 Å². The second kappa shape index (κ2) is 17.3. The molecule has 4 aromatic carbocycles. The third-order valence-corrected chi connectivity index (χ3v) is 11.8. The van der Waals surface area contributed by atoms with E-state index in [0.717, 1.165) is 22.3 Å². The van der Waals surface area contributed by atoms with Gasteiger partial charge in [-0.2, -0.15) is 0 Å². The molecule has 4 unspecified atom stereocenters. The number of likely N-dealkylation sites (tertiary alicyclic amines) is 1. The predicted molar refractivity (Wildman–Crippen MR) is 228 cm³/mol. The molecule has 2 fully saturated rings. The first-order valence-corrected chi connectivity index (χ1v) is 20.1. The van der Waals surface area contributed by atoms with E-state index in [1.807, 2.05) is 67.3 Å². The number of rotatable bonds is 10. The number of methoxy groups -OCH3 is 1. The molecule has 310 valence electrons. The third-order valence-electron chi connectivity index (χ3n) is 11.8. The summed E-state index contributed by atoms with van der Waals surface area (Å²) in [7, 11) is 1.23. The Bertz CT molecular complexity index is 2230. The molecular formula is C45H52F2N8O4. The number of amides is 3. The Morgan fingerprint density at radius 1 is 0.814 bits per heavy atom. The molecule has 0 saturated carbocycles. The second-order valence-corrected chi connectivity index (χ2v) is 15.8. The van der Waals surface area contributed by atoms with Crippen molar-refractivity contribution in [2.24, 2.45) is 5.92 Å². The molecule has 14 heteroatoms. The number of hydrogen-bond acceptors (Lipinski definition) is 9. The molecule has 0 aromatic heterocycles. The van der Waals surface area contributed by atoms with Crippen LogP contribution in [0.1, 0.15) is 74.7 Å². The molecule has 4 atom stereocenters. The fourth-order valence-corrected chi connectivity index (χ4v) is 8.72. The van der Waals surface area contributed by atoms with Gasteiger partial charge in [0, 0.05) is 25.3 Å². The third kappa shape index (κ3) is 8.48. The highest BCUT2D eigenvalue weighted by Crippen LogP contribution is 2.49. The topological polar surface area (TPSA) is 172 Å². The van der Waals surface area contributed by atoms with Crippen molar-refractivity contribution in [3.8, 4) is 0 Å². The van der Waals surface area contributed by atoms with E-state index >= 15 is 8.78 Å². The lowest BCUT2D eigenvalue weighted by Gasteiger charge is -2.35. The number of benzene rings is 4. The summed E-state index contributed by atoms with van der Waals surface area (Å²) in [4.78, 5) is 44.5. The number of nitrogens with one attached hydrogen (secondary N) is 2. The standard InChI is InChI=1S/C45H52F2N8O4/c1-26(2)41(52-45(58)59-3)44(57)54-19-7-10-40(54)43(56)51-37-14-12-30(23-36(37)50)39-16-15-38(29-11-13-34(48)35(49)22-29)55(39)31-24-32(46)42(33(47)25-31)53-20-17-28(18-21-53)27-8-5-4-6-9-27/h4-6,8-9,11-14,17,22-26,38-41H,7,10,15-16,18-21,48-50H2,1-3H3,(H,51,56)(H,52,58). The molecule has 8 N–H and O–H groups in total. The van der Waals surface area contributed by atoms with Crippen LogP contribution < -0.4 is 37.6 Å². The lowest BCUT2D eigenvalue weighted by Crippen LogP contribution is -2.54. The Morgan fingerprint density at radius 3 is 2.07 bits per heavy atom. The van der Waals surface area contributed by atoms with Gasteiger partial charge in [0.1, 0.15) is 17.8 Å². The highest BCUT2D eigenvalue weighted by atomic mass is 19.1. The number of carbonyl (C=O) groups excluding carboxylic acids is 3. The Hall–Kier alpha value is -6.31. The van der Waals surface area contributed by atoms with Crippen molar-refractivity contribution in [1.82, 2.24) is 10.2 Å². The van der Waals surface area contributed by atoms with E-state index in [1.165, 1.54) is 24.1 Å². The van der Waals surface area contributed by atoms with Crippen LogP contribution in [0.3, 0.4) is 0 Å². The van der Waals surface area contributed by atoms with Crippen molar-refractivity contribution in [1.29, 1.82) is 0 Å². The van der Waals surface area contributed by atoms with Crippen LogP contribution in [0, 0.1) is 17.6 Å². The normalized spacial score (nSPS) is 19.7. The van der Waals surface area contributed by atoms with Gasteiger partial charge in [0.2, 0.25) is 11.8 Å². The van der Waals surface area contributed by atoms with Crippen LogP contribution in [0.5, 0.6) is 0 Å². The van der Waals surface area contributed by atoms with Gasteiger partial charge in [-0.3, -0.25) is 9.59 Å². The first-order chi connectivity index (χ1) is 28.3. The largest absolute Gasteiger partial charge is 0.453 e. The summed E-state index contributed by atoms with van der Waals surface area (Å²) in [6.07, 6.45) is 4.28. The number of hydrogen-bond donors (Lipinski definition) is 5. The van der Waals surface area contributed by atoms with E-state index in [2.05, 4.69) is 10.6 Å². The number of nitrogens with two attached hydrogens (primary N) is 3. The molecule has 3 aliphatic rings. The molecule has 3 amide bonds. The zero-order chi connectivity index (χ0) is 42.0. The number of alkyl carbamates (subject to hydrolysis) is 1. The van der Waals surface area contributed by atoms with Crippen LogP contribution in [0.4, 0.5) is 47.7 Å². The summed E-state index contributed by atoms with van der Waals surface area (Å²) >= 11 is 0. The van der Waals surface area contributed by atoms with Crippen LogP contribution in [0.15, 0.2) is 84.9 Å². The predicted octanol–water partition coefficient (Wildman–Crippen LogP) is 7.40. The summed E-state index contributed by atoms with van der Waals surface area (Å²) in [5.74, 6) is -2.32. The summed E-state index contributed by atoms with van der Waals surface area (Å²) in [6, 6.07) is 21.3. The van der Waals surface area contributed by atoms with Crippen LogP contribution in [0.25, 0.3) is 5.57 Å². The van der Waals surface area contributed by atoms with Gasteiger partial charge in [0.05, 0.1) is 41.9 Å². The van der Waals surface area contributed by atoms with Crippen molar-refractivity contribution < 1.29 is 27.9 Å². The molecule has 0 radical (unpaired) electrons. The van der Waals surface area contributed by atoms with Crippen LogP contribution in [-0.2, 0) is 14.3 Å². The zero-order valence-corrected chi connectivity index (χ0v) is 33.6. The maximum atomic E-state index is 16.3. The quantitative estimate of drug-likeness (QED) is 0.102. The van der Waals surface area contributed by atoms with Gasteiger partial charge in [-0.05, 0) is 96.7 Å². The van der Waals surface area contributed by atoms with E-state index in [9.17, 15) is 14.4 Å². The maximum Gasteiger partial charge on any atom is 0.407 e. The van der Waals surface area contributed by atoms with Crippen molar-refractivity contribution in [3.63, 3.8) is 0 Å². The van der Waals surface area contributed by atoms with E-state index in [0.29, 0.717) is 80.2 Å². The Balaban J connectivity index is 1.14. The molecule has 4 aromatic rings. The fourth-order valence-electron chi connectivity index (χ4n) is 8.72. The number of anilines is 6. The second-order valence-electron chi connectivity index (χ2n) is 15.8. The SMILES string of the molecule is COC(=O)NC(C(=O)N1CCCC1C(=O)Nc1ccc(C2CCC(c3ccc(N)c(N)c3)N2c2cc(F)c(N3CC=C(c4ccccc4)CC3)c(F)c2)cc1N)C(C)C. The summed E-state index contributed by atoms with van der Waals surface area (Å²) < 4.78 is 37.3. The highest BCUT2D eigenvalue weighted by molar-refractivity contribution is 6.00. The smallest absolute Gasteiger partial charge is 0.407 e. The molecule has 3 aliphatic heterocycles. The average Bonchev–Trinajstić information content (AvgIpc) is 3.91. The van der Waals surface area contributed by atoms with Crippen molar-refractivity contribution >= 4 is 57.6 Å². The van der Waals surface area contributed by atoms with Gasteiger partial charge in [-0.15, -0.1) is 0 Å². The van der Waals surface area contributed by atoms with Gasteiger partial charge in [0.15, 0.2) is 11.6 Å². The van der Waals surface area contributed by atoms with E-state index in [-0.39, 0.29) is 29.6 Å². The van der Waals surface area contributed by atoms with Crippen LogP contribution in [0.2, 0.25) is 0 Å². The van der Waals surface area contributed by atoms with Crippen molar-refractivity contribution in [2.45, 2.75) is 70.1 Å². The minimum absolute atomic E-state index is 0.0625. The van der Waals surface area contributed by atoms with Gasteiger partial charge in [-0.1, -0.05) is 62.4 Å². The van der Waals surface area contributed by atoms with E-state index in [1.54, 1.807) is 29.2 Å². The van der Waals surface area contributed by atoms with Gasteiger partial charge >= 0.3 is 6.09 Å². The van der Waals surface area contributed by atoms with Crippen molar-refractivity contribution in [3.05, 3.63) is 113 Å². The van der Waals surface area contributed by atoms with Crippen molar-refractivity contribution in [2.75, 3.05) is 59.1 Å². The number of nitrogens with zero attached hydrogens (tertiary/aromatic N) is 3. The van der Waals surface area contributed by atoms with Crippen LogP contribution >= 0.6 is 0 Å². The average molecular weight is 807 g/mol. The Morgan fingerprint density at radius 2 is 1.47 bits per heavy atom. The minimum atomic E-state index is -0.865. The first kappa shape index (κ1) is 40.9.